The van der Waals surface area contributed by atoms with Crippen molar-refractivity contribution in [1.82, 2.24) is 5.32 Å². The van der Waals surface area contributed by atoms with Crippen LogP contribution in [0.4, 0.5) is 0 Å². The average Bonchev–Trinajstić information content (AvgIpc) is 2.76. The molecule has 0 unspecified atom stereocenters. The van der Waals surface area contributed by atoms with Crippen LogP contribution in [0.5, 0.6) is 11.5 Å². The Morgan fingerprint density at radius 2 is 1.68 bits per heavy atom. The molecule has 0 amide bonds. The van der Waals surface area contributed by atoms with Gasteiger partial charge in [0, 0.05) is 44.4 Å². The number of benzene rings is 3. The summed E-state index contributed by atoms with van der Waals surface area (Å²) in [6.07, 6.45) is 0.160. The van der Waals surface area contributed by atoms with Crippen LogP contribution in [0.25, 0.3) is 0 Å². The van der Waals surface area contributed by atoms with Gasteiger partial charge in [-0.1, -0.05) is 40.9 Å². The van der Waals surface area contributed by atoms with Crippen molar-refractivity contribution >= 4 is 40.5 Å². The van der Waals surface area contributed by atoms with Crippen LogP contribution in [0.2, 0.25) is 15.1 Å². The van der Waals surface area contributed by atoms with Gasteiger partial charge in [0.25, 0.3) is 0 Å². The van der Waals surface area contributed by atoms with E-state index in [0.717, 1.165) is 22.6 Å². The summed E-state index contributed by atoms with van der Waals surface area (Å²) in [7, 11) is 0. The average molecular weight is 476 g/mol. The molecule has 2 N–H and O–H groups in total. The van der Waals surface area contributed by atoms with E-state index in [4.69, 9.17) is 44.5 Å². The largest absolute Gasteiger partial charge is 0.508 e. The van der Waals surface area contributed by atoms with Crippen molar-refractivity contribution in [2.45, 2.75) is 25.6 Å². The highest BCUT2D eigenvalue weighted by Gasteiger charge is 2.29. The third kappa shape index (κ3) is 4.99. The van der Waals surface area contributed by atoms with Gasteiger partial charge in [-0.05, 0) is 67.1 Å². The van der Waals surface area contributed by atoms with Crippen molar-refractivity contribution in [3.05, 3.63) is 92.4 Å². The van der Waals surface area contributed by atoms with Gasteiger partial charge in [-0.2, -0.15) is 0 Å². The summed E-state index contributed by atoms with van der Waals surface area (Å²) in [5.74, 6) is 0.984. The quantitative estimate of drug-likeness (QED) is 0.419. The second kappa shape index (κ2) is 9.49. The molecule has 0 saturated carbocycles. The maximum atomic E-state index is 10.5. The van der Waals surface area contributed by atoms with Gasteiger partial charge in [0.05, 0.1) is 6.61 Å². The van der Waals surface area contributed by atoms with Crippen molar-refractivity contribution in [2.24, 2.45) is 4.99 Å². The molecule has 31 heavy (non-hydrogen) atoms. The molecule has 0 radical (unpaired) electrons. The maximum Gasteiger partial charge on any atom is 0.127 e. The molecule has 0 spiro atoms. The van der Waals surface area contributed by atoms with E-state index in [1.807, 2.05) is 37.3 Å². The summed E-state index contributed by atoms with van der Waals surface area (Å²) < 4.78 is 5.56. The lowest BCUT2D eigenvalue weighted by molar-refractivity contribution is 0.340. The number of rotatable bonds is 5. The predicted octanol–water partition coefficient (Wildman–Crippen LogP) is 6.97. The molecular weight excluding hydrogens is 455 g/mol. The number of phenolic OH excluding ortho intramolecular Hbond substituents is 1. The van der Waals surface area contributed by atoms with Gasteiger partial charge in [0.2, 0.25) is 0 Å². The van der Waals surface area contributed by atoms with E-state index in [2.05, 4.69) is 5.32 Å². The van der Waals surface area contributed by atoms with Crippen LogP contribution < -0.4 is 10.1 Å². The molecule has 0 fully saturated rings. The van der Waals surface area contributed by atoms with Crippen molar-refractivity contribution in [2.75, 3.05) is 6.61 Å². The van der Waals surface area contributed by atoms with E-state index >= 15 is 0 Å². The Hall–Kier alpha value is -2.24. The number of hydrogen-bond donors (Lipinski definition) is 2. The number of halogens is 3. The van der Waals surface area contributed by atoms with Gasteiger partial charge in [-0.3, -0.25) is 10.3 Å². The Kier molecular flexibility index (Phi) is 6.73. The second-order valence-corrected chi connectivity index (χ2v) is 8.51. The summed E-state index contributed by atoms with van der Waals surface area (Å²) in [5, 5.41) is 15.6. The molecule has 1 heterocycles. The Labute approximate surface area is 196 Å². The maximum absolute atomic E-state index is 10.5. The highest BCUT2D eigenvalue weighted by atomic mass is 35.5. The minimum Gasteiger partial charge on any atom is -0.508 e. The monoisotopic (exact) mass is 474 g/mol. The number of ether oxygens (including phenoxy) is 1. The van der Waals surface area contributed by atoms with Crippen molar-refractivity contribution in [3.8, 4) is 11.5 Å². The summed E-state index contributed by atoms with van der Waals surface area (Å²) in [5.41, 5.74) is 3.38. The van der Waals surface area contributed by atoms with Gasteiger partial charge in [-0.25, -0.2) is 0 Å². The molecule has 4 nitrogen and oxygen atoms in total. The van der Waals surface area contributed by atoms with E-state index < -0.39 is 6.17 Å². The van der Waals surface area contributed by atoms with Crippen LogP contribution in [0.3, 0.4) is 0 Å². The fourth-order valence-electron chi connectivity index (χ4n) is 3.68. The molecule has 3 aromatic rings. The summed E-state index contributed by atoms with van der Waals surface area (Å²) in [6.45, 7) is 2.56. The zero-order chi connectivity index (χ0) is 22.0. The van der Waals surface area contributed by atoms with Crippen molar-refractivity contribution in [1.29, 1.82) is 0 Å². The molecule has 0 bridgehead atoms. The first kappa shape index (κ1) is 22.0. The van der Waals surface area contributed by atoms with Gasteiger partial charge >= 0.3 is 0 Å². The molecule has 7 heteroatoms. The molecule has 4 rings (SSSR count). The molecule has 3 aromatic carbocycles. The van der Waals surface area contributed by atoms with Gasteiger partial charge in [-0.15, -0.1) is 0 Å². The first-order chi connectivity index (χ1) is 14.9. The van der Waals surface area contributed by atoms with Crippen LogP contribution in [-0.2, 0) is 0 Å². The first-order valence-corrected chi connectivity index (χ1v) is 11.1. The SMILES string of the molecule is CCOc1ccc(C2=N[C@@H](c3ccc(Cl)cc3Cl)N[C@@H](c3cc(Cl)ccc3O)C2)cc1. The van der Waals surface area contributed by atoms with Crippen LogP contribution in [0.15, 0.2) is 65.7 Å². The number of aliphatic imine (C=N–C) groups is 1. The van der Waals surface area contributed by atoms with Gasteiger partial charge in [0.15, 0.2) is 0 Å². The molecular formula is C24H21Cl3N2O2. The van der Waals surface area contributed by atoms with Crippen LogP contribution in [0, 0.1) is 0 Å². The summed E-state index contributed by atoms with van der Waals surface area (Å²) >= 11 is 18.8. The fourth-order valence-corrected chi connectivity index (χ4v) is 4.37. The van der Waals surface area contributed by atoms with Gasteiger partial charge < -0.3 is 9.84 Å². The topological polar surface area (TPSA) is 53.8 Å². The Morgan fingerprint density at radius 1 is 0.968 bits per heavy atom. The fraction of sp³-hybridized carbons (Fsp3) is 0.208. The van der Waals surface area contributed by atoms with E-state index in [-0.39, 0.29) is 11.8 Å². The first-order valence-electron chi connectivity index (χ1n) is 9.94. The van der Waals surface area contributed by atoms with Crippen LogP contribution in [0.1, 0.15) is 42.2 Å². The molecule has 0 aromatic heterocycles. The number of nitrogens with zero attached hydrogens (tertiary/aromatic N) is 1. The molecule has 160 valence electrons. The van der Waals surface area contributed by atoms with Gasteiger partial charge in [0.1, 0.15) is 17.7 Å². The minimum atomic E-state index is -0.413. The van der Waals surface area contributed by atoms with Crippen LogP contribution in [-0.4, -0.2) is 17.4 Å². The number of phenols is 1. The molecule has 0 aliphatic carbocycles. The van der Waals surface area contributed by atoms with E-state index in [1.54, 1.807) is 30.3 Å². The molecule has 1 aliphatic rings. The standard InChI is InChI=1S/C24H21Cl3N2O2/c1-2-31-17-7-3-14(4-8-17)21-13-22(19-11-15(25)6-10-23(19)30)29-24(28-21)18-9-5-16(26)12-20(18)27/h3-12,22,24,29-30H,2,13H2,1H3/t22-,24-/m1/s1. The third-order valence-electron chi connectivity index (χ3n) is 5.16. The van der Waals surface area contributed by atoms with Crippen molar-refractivity contribution in [3.63, 3.8) is 0 Å². The lowest BCUT2D eigenvalue weighted by Gasteiger charge is -2.31. The lowest BCUT2D eigenvalue weighted by Crippen LogP contribution is -2.33. The van der Waals surface area contributed by atoms with E-state index in [1.165, 1.54) is 0 Å². The summed E-state index contributed by atoms with van der Waals surface area (Å²) in [4.78, 5) is 4.94. The number of aromatic hydroxyl groups is 1. The van der Waals surface area contributed by atoms with E-state index in [0.29, 0.717) is 33.7 Å². The highest BCUT2D eigenvalue weighted by Crippen LogP contribution is 2.37. The Balaban J connectivity index is 1.75. The summed E-state index contributed by atoms with van der Waals surface area (Å²) in [6, 6.07) is 18.0. The smallest absolute Gasteiger partial charge is 0.127 e. The normalized spacial score (nSPS) is 18.5. The molecule has 0 saturated heterocycles. The lowest BCUT2D eigenvalue weighted by atomic mass is 9.93. The Morgan fingerprint density at radius 3 is 2.39 bits per heavy atom. The van der Waals surface area contributed by atoms with Crippen LogP contribution >= 0.6 is 34.8 Å². The van der Waals surface area contributed by atoms with E-state index in [9.17, 15) is 5.11 Å². The zero-order valence-corrected chi connectivity index (χ0v) is 19.0. The Bertz CT molecular complexity index is 1120. The highest BCUT2D eigenvalue weighted by molar-refractivity contribution is 6.35. The second-order valence-electron chi connectivity index (χ2n) is 7.23. The third-order valence-corrected chi connectivity index (χ3v) is 5.96. The molecule has 1 aliphatic heterocycles. The number of nitrogens with one attached hydrogen (secondary N) is 1. The van der Waals surface area contributed by atoms with Crippen molar-refractivity contribution < 1.29 is 9.84 Å². The molecule has 2 atom stereocenters. The number of hydrogen-bond acceptors (Lipinski definition) is 4. The minimum absolute atomic E-state index is 0.177. The predicted molar refractivity (Wildman–Crippen MR) is 127 cm³/mol. The zero-order valence-electron chi connectivity index (χ0n) is 16.8.